The Morgan fingerprint density at radius 1 is 1.21 bits per heavy atom. The minimum absolute atomic E-state index is 0.232. The number of amides is 1. The number of ether oxygens (including phenoxy) is 3. The number of nitrogens with one attached hydrogen (secondary N) is 1. The number of rotatable bonds is 5. The van der Waals surface area contributed by atoms with Gasteiger partial charge in [-0.05, 0) is 48.9 Å². The first-order valence-electron chi connectivity index (χ1n) is 8.63. The van der Waals surface area contributed by atoms with E-state index < -0.39 is 0 Å². The molecule has 2 aromatic carbocycles. The summed E-state index contributed by atoms with van der Waals surface area (Å²) in [7, 11) is 1.61. The van der Waals surface area contributed by atoms with Gasteiger partial charge in [0, 0.05) is 16.5 Å². The van der Waals surface area contributed by atoms with Gasteiger partial charge >= 0.3 is 0 Å². The molecule has 0 saturated heterocycles. The topological polar surface area (TPSA) is 69.7 Å². The van der Waals surface area contributed by atoms with Gasteiger partial charge in [-0.3, -0.25) is 10.1 Å². The first-order chi connectivity index (χ1) is 13.6. The maximum Gasteiger partial charge on any atom is 0.250 e. The number of hydrogen-bond acceptors (Lipinski definition) is 6. The highest BCUT2D eigenvalue weighted by molar-refractivity contribution is 7.16. The molecule has 1 N–H and O–H groups in total. The third-order valence-electron chi connectivity index (χ3n) is 4.19. The van der Waals surface area contributed by atoms with Crippen molar-refractivity contribution in [3.63, 3.8) is 0 Å². The van der Waals surface area contributed by atoms with Crippen LogP contribution >= 0.6 is 11.3 Å². The average Bonchev–Trinajstić information content (AvgIpc) is 3.32. The minimum atomic E-state index is -0.242. The zero-order valence-electron chi connectivity index (χ0n) is 15.4. The molecule has 0 fully saturated rings. The highest BCUT2D eigenvalue weighted by Crippen LogP contribution is 2.38. The fraction of sp³-hybridized carbons (Fsp3) is 0.143. The summed E-state index contributed by atoms with van der Waals surface area (Å²) >= 11 is 1.43. The van der Waals surface area contributed by atoms with E-state index in [0.29, 0.717) is 10.9 Å². The monoisotopic (exact) mass is 394 g/mol. The van der Waals surface area contributed by atoms with Crippen molar-refractivity contribution in [1.29, 1.82) is 0 Å². The summed E-state index contributed by atoms with van der Waals surface area (Å²) in [6.45, 7) is 2.20. The highest BCUT2D eigenvalue weighted by Gasteiger charge is 2.17. The number of carbonyl (C=O) groups is 1. The third-order valence-corrected chi connectivity index (χ3v) is 5.08. The smallest absolute Gasteiger partial charge is 0.250 e. The second-order valence-electron chi connectivity index (χ2n) is 6.09. The Morgan fingerprint density at radius 3 is 2.93 bits per heavy atom. The average molecular weight is 394 g/mol. The standard InChI is InChI=1S/C21H18N2O4S/c1-13-20(15-7-8-17-18(11-15)27-12-26-17)23-21(28-13)22-19(24)9-6-14-4-3-5-16(10-14)25-2/h3-11H,12H2,1-2H3,(H,22,23,24)/b9-6+. The van der Waals surface area contributed by atoms with Crippen LogP contribution in [0.4, 0.5) is 5.13 Å². The van der Waals surface area contributed by atoms with Gasteiger partial charge in [0.2, 0.25) is 12.7 Å². The third kappa shape index (κ3) is 3.84. The van der Waals surface area contributed by atoms with Crippen molar-refractivity contribution in [3.05, 3.63) is 59.0 Å². The molecule has 142 valence electrons. The van der Waals surface area contributed by atoms with Crippen LogP contribution in [0.3, 0.4) is 0 Å². The lowest BCUT2D eigenvalue weighted by atomic mass is 10.1. The van der Waals surface area contributed by atoms with Crippen molar-refractivity contribution in [2.75, 3.05) is 19.2 Å². The van der Waals surface area contributed by atoms with Crippen LogP contribution in [0.25, 0.3) is 17.3 Å². The number of carbonyl (C=O) groups excluding carboxylic acids is 1. The highest BCUT2D eigenvalue weighted by atomic mass is 32.1. The van der Waals surface area contributed by atoms with Gasteiger partial charge in [-0.1, -0.05) is 12.1 Å². The molecule has 1 aliphatic heterocycles. The fourth-order valence-corrected chi connectivity index (χ4v) is 3.66. The van der Waals surface area contributed by atoms with Crippen LogP contribution in [-0.4, -0.2) is 24.8 Å². The normalized spacial score (nSPS) is 12.4. The molecule has 0 spiro atoms. The summed E-state index contributed by atoms with van der Waals surface area (Å²) in [6, 6.07) is 13.2. The van der Waals surface area contributed by atoms with Gasteiger partial charge < -0.3 is 14.2 Å². The first-order valence-corrected chi connectivity index (χ1v) is 9.44. The summed E-state index contributed by atoms with van der Waals surface area (Å²) in [5.41, 5.74) is 2.62. The zero-order chi connectivity index (χ0) is 19.5. The van der Waals surface area contributed by atoms with Crippen LogP contribution in [0, 0.1) is 6.92 Å². The van der Waals surface area contributed by atoms with Crippen LogP contribution < -0.4 is 19.5 Å². The van der Waals surface area contributed by atoms with E-state index in [2.05, 4.69) is 10.3 Å². The summed E-state index contributed by atoms with van der Waals surface area (Å²) in [5.74, 6) is 1.94. The van der Waals surface area contributed by atoms with E-state index in [9.17, 15) is 4.79 Å². The lowest BCUT2D eigenvalue weighted by Gasteiger charge is -2.01. The molecule has 1 aromatic heterocycles. The van der Waals surface area contributed by atoms with Gasteiger partial charge in [-0.25, -0.2) is 4.98 Å². The summed E-state index contributed by atoms with van der Waals surface area (Å²) < 4.78 is 16.0. The van der Waals surface area contributed by atoms with Gasteiger partial charge in [-0.15, -0.1) is 11.3 Å². The molecule has 7 heteroatoms. The maximum absolute atomic E-state index is 12.3. The van der Waals surface area contributed by atoms with Gasteiger partial charge in [0.25, 0.3) is 0 Å². The van der Waals surface area contributed by atoms with Crippen molar-refractivity contribution < 1.29 is 19.0 Å². The molecule has 4 rings (SSSR count). The molecule has 0 unspecified atom stereocenters. The van der Waals surface area contributed by atoms with Crippen molar-refractivity contribution in [3.8, 4) is 28.5 Å². The molecular weight excluding hydrogens is 376 g/mol. The number of fused-ring (bicyclic) bond motifs is 1. The van der Waals surface area contributed by atoms with E-state index in [-0.39, 0.29) is 12.7 Å². The number of thiazole rings is 1. The van der Waals surface area contributed by atoms with Gasteiger partial charge in [0.15, 0.2) is 16.6 Å². The van der Waals surface area contributed by atoms with E-state index in [1.165, 1.54) is 17.4 Å². The maximum atomic E-state index is 12.3. The predicted octanol–water partition coefficient (Wildman–Crippen LogP) is 4.51. The van der Waals surface area contributed by atoms with Crippen LogP contribution in [0.15, 0.2) is 48.5 Å². The summed E-state index contributed by atoms with van der Waals surface area (Å²) in [5, 5.41) is 3.37. The Morgan fingerprint density at radius 2 is 2.07 bits per heavy atom. The largest absolute Gasteiger partial charge is 0.497 e. The van der Waals surface area contributed by atoms with Crippen LogP contribution in [0.2, 0.25) is 0 Å². The molecule has 0 saturated carbocycles. The Labute approximate surface area is 166 Å². The Bertz CT molecular complexity index is 1060. The molecule has 6 nitrogen and oxygen atoms in total. The molecule has 0 atom stereocenters. The van der Waals surface area contributed by atoms with Crippen molar-refractivity contribution in [2.24, 2.45) is 0 Å². The lowest BCUT2D eigenvalue weighted by molar-refractivity contribution is -0.111. The van der Waals surface area contributed by atoms with Crippen molar-refractivity contribution in [1.82, 2.24) is 4.98 Å². The van der Waals surface area contributed by atoms with Gasteiger partial charge in [0.05, 0.1) is 12.8 Å². The number of aromatic nitrogens is 1. The Balaban J connectivity index is 1.47. The number of benzene rings is 2. The second kappa shape index (κ2) is 7.74. The summed E-state index contributed by atoms with van der Waals surface area (Å²) in [6.07, 6.45) is 3.21. The fourth-order valence-electron chi connectivity index (χ4n) is 2.83. The second-order valence-corrected chi connectivity index (χ2v) is 7.29. The van der Waals surface area contributed by atoms with E-state index in [1.54, 1.807) is 13.2 Å². The van der Waals surface area contributed by atoms with Crippen LogP contribution in [0.5, 0.6) is 17.2 Å². The molecule has 0 bridgehead atoms. The van der Waals surface area contributed by atoms with Gasteiger partial charge in [-0.2, -0.15) is 0 Å². The SMILES string of the molecule is COc1cccc(/C=C/C(=O)Nc2nc(-c3ccc4c(c3)OCO4)c(C)s2)c1. The summed E-state index contributed by atoms with van der Waals surface area (Å²) in [4.78, 5) is 17.8. The Kier molecular flexibility index (Phi) is 4.99. The predicted molar refractivity (Wildman–Crippen MR) is 109 cm³/mol. The van der Waals surface area contributed by atoms with Crippen molar-refractivity contribution in [2.45, 2.75) is 6.92 Å². The molecule has 1 aliphatic rings. The first kappa shape index (κ1) is 18.1. The van der Waals surface area contributed by atoms with Crippen LogP contribution in [-0.2, 0) is 4.79 Å². The molecule has 0 radical (unpaired) electrons. The van der Waals surface area contributed by atoms with Crippen LogP contribution in [0.1, 0.15) is 10.4 Å². The number of aryl methyl sites for hydroxylation is 1. The quantitative estimate of drug-likeness (QED) is 0.645. The number of nitrogens with zero attached hydrogens (tertiary/aromatic N) is 1. The number of methoxy groups -OCH3 is 1. The molecule has 3 aromatic rings. The van der Waals surface area contributed by atoms with Crippen molar-refractivity contribution >= 4 is 28.5 Å². The van der Waals surface area contributed by atoms with Gasteiger partial charge in [0.1, 0.15) is 5.75 Å². The minimum Gasteiger partial charge on any atom is -0.497 e. The Hall–Kier alpha value is -3.32. The number of hydrogen-bond donors (Lipinski definition) is 1. The molecule has 1 amide bonds. The van der Waals surface area contributed by atoms with E-state index in [0.717, 1.165) is 33.2 Å². The van der Waals surface area contributed by atoms with E-state index in [4.69, 9.17) is 14.2 Å². The van der Waals surface area contributed by atoms with E-state index in [1.807, 2.05) is 49.4 Å². The zero-order valence-corrected chi connectivity index (χ0v) is 16.2. The molecule has 2 heterocycles. The molecular formula is C21H18N2O4S. The molecule has 0 aliphatic carbocycles. The van der Waals surface area contributed by atoms with E-state index >= 15 is 0 Å². The number of anilines is 1. The lowest BCUT2D eigenvalue weighted by Crippen LogP contribution is -2.07. The molecule has 28 heavy (non-hydrogen) atoms.